The summed E-state index contributed by atoms with van der Waals surface area (Å²) in [7, 11) is 1.57. The average Bonchev–Trinajstić information content (AvgIpc) is 3.06. The van der Waals surface area contributed by atoms with E-state index in [1.54, 1.807) is 37.1 Å². The fourth-order valence-corrected chi connectivity index (χ4v) is 4.87. The Morgan fingerprint density at radius 1 is 1.24 bits per heavy atom. The molecule has 1 fully saturated rings. The minimum Gasteiger partial charge on any atom is -0.367 e. The van der Waals surface area contributed by atoms with Gasteiger partial charge < -0.3 is 5.32 Å². The van der Waals surface area contributed by atoms with Gasteiger partial charge in [0.25, 0.3) is 11.5 Å². The summed E-state index contributed by atoms with van der Waals surface area (Å²) in [5.41, 5.74) is 1.47. The maximum Gasteiger partial charge on any atom is 0.270 e. The van der Waals surface area contributed by atoms with Crippen LogP contribution in [0.4, 0.5) is 10.2 Å². The molecule has 1 saturated heterocycles. The third-order valence-corrected chi connectivity index (χ3v) is 6.89. The topological polar surface area (TPSA) is 78.1 Å². The molecular weight excluding hydrogens is 459 g/mol. The van der Waals surface area contributed by atoms with Crippen LogP contribution < -0.4 is 10.9 Å². The number of unbranched alkanes of at least 4 members (excludes halogenated alkanes) is 2. The van der Waals surface area contributed by atoms with E-state index in [0.29, 0.717) is 39.3 Å². The Kier molecular flexibility index (Phi) is 8.06. The lowest BCUT2D eigenvalue weighted by atomic mass is 10.0. The van der Waals surface area contributed by atoms with Crippen LogP contribution in [0.3, 0.4) is 0 Å². The number of carbonyl (C=O) groups is 1. The van der Waals surface area contributed by atoms with Gasteiger partial charge >= 0.3 is 0 Å². The van der Waals surface area contributed by atoms with Crippen molar-refractivity contribution in [3.8, 4) is 6.07 Å². The van der Waals surface area contributed by atoms with Crippen LogP contribution in [0.5, 0.6) is 0 Å². The van der Waals surface area contributed by atoms with Crippen molar-refractivity contribution in [2.45, 2.75) is 39.7 Å². The number of nitrogens with zero attached hydrogens (tertiary/aromatic N) is 3. The van der Waals surface area contributed by atoms with E-state index in [1.165, 1.54) is 28.5 Å². The minimum atomic E-state index is -0.430. The van der Waals surface area contributed by atoms with Crippen molar-refractivity contribution in [3.63, 3.8) is 0 Å². The molecule has 1 aromatic carbocycles. The second kappa shape index (κ2) is 10.8. The largest absolute Gasteiger partial charge is 0.367 e. The number of rotatable bonds is 8. The number of aromatic nitrogens is 1. The van der Waals surface area contributed by atoms with Gasteiger partial charge in [-0.2, -0.15) is 5.26 Å². The number of hydrogen-bond acceptors (Lipinski definition) is 6. The molecule has 2 aromatic rings. The van der Waals surface area contributed by atoms with Crippen molar-refractivity contribution < 1.29 is 9.18 Å². The molecule has 0 saturated carbocycles. The zero-order valence-electron chi connectivity index (χ0n) is 18.8. The van der Waals surface area contributed by atoms with E-state index >= 15 is 0 Å². The summed E-state index contributed by atoms with van der Waals surface area (Å²) >= 11 is 6.64. The van der Waals surface area contributed by atoms with Crippen LogP contribution in [0.15, 0.2) is 34.0 Å². The fourth-order valence-electron chi connectivity index (χ4n) is 3.58. The smallest absolute Gasteiger partial charge is 0.270 e. The number of benzene rings is 1. The van der Waals surface area contributed by atoms with Crippen molar-refractivity contribution in [2.75, 3.05) is 11.9 Å². The maximum absolute atomic E-state index is 13.2. The van der Waals surface area contributed by atoms with Gasteiger partial charge in [0.1, 0.15) is 27.6 Å². The Morgan fingerprint density at radius 3 is 2.58 bits per heavy atom. The van der Waals surface area contributed by atoms with Crippen LogP contribution in [0.1, 0.15) is 48.4 Å². The number of anilines is 1. The molecule has 1 aliphatic rings. The highest BCUT2D eigenvalue weighted by atomic mass is 32.2. The normalized spacial score (nSPS) is 14.8. The zero-order chi connectivity index (χ0) is 24.1. The number of nitrogens with one attached hydrogen (secondary N) is 1. The molecule has 172 valence electrons. The van der Waals surface area contributed by atoms with Crippen LogP contribution in [0, 0.1) is 24.1 Å². The first-order valence-electron chi connectivity index (χ1n) is 10.7. The Hall–Kier alpha value is -2.96. The van der Waals surface area contributed by atoms with Crippen molar-refractivity contribution in [1.82, 2.24) is 9.47 Å². The molecule has 0 radical (unpaired) electrons. The van der Waals surface area contributed by atoms with Crippen LogP contribution in [-0.2, 0) is 18.4 Å². The number of amides is 1. The first kappa shape index (κ1) is 24.7. The summed E-state index contributed by atoms with van der Waals surface area (Å²) in [4.78, 5) is 27.8. The number of pyridine rings is 1. The minimum absolute atomic E-state index is 0.0227. The van der Waals surface area contributed by atoms with Gasteiger partial charge in [-0.05, 0) is 42.7 Å². The number of thiocarbonyl (C=S) groups is 1. The highest BCUT2D eigenvalue weighted by Crippen LogP contribution is 2.35. The van der Waals surface area contributed by atoms with Crippen LogP contribution >= 0.6 is 24.0 Å². The highest BCUT2D eigenvalue weighted by Gasteiger charge is 2.32. The van der Waals surface area contributed by atoms with Crippen molar-refractivity contribution in [2.24, 2.45) is 7.05 Å². The molecule has 0 unspecified atom stereocenters. The number of nitriles is 1. The van der Waals surface area contributed by atoms with E-state index in [4.69, 9.17) is 12.2 Å². The Morgan fingerprint density at radius 2 is 1.94 bits per heavy atom. The quantitative estimate of drug-likeness (QED) is 0.332. The first-order chi connectivity index (χ1) is 15.8. The van der Waals surface area contributed by atoms with Crippen LogP contribution in [0.25, 0.3) is 6.08 Å². The monoisotopic (exact) mass is 484 g/mol. The number of hydrogen-bond donors (Lipinski definition) is 1. The maximum atomic E-state index is 13.2. The van der Waals surface area contributed by atoms with E-state index in [1.807, 2.05) is 6.07 Å². The van der Waals surface area contributed by atoms with Crippen LogP contribution in [-0.4, -0.2) is 26.2 Å². The Balaban J connectivity index is 2.01. The standard InChI is InChI=1S/C24H25FN4O2S2/c1-4-5-6-11-29-23(31)20(33-24(29)32)12-18-15(2)19(13-26)22(30)28(3)21(18)27-14-16-7-9-17(25)10-8-16/h7-10,12,27H,4-6,11,14H2,1-3H3/b20-12+. The molecule has 0 bridgehead atoms. The molecule has 0 atom stereocenters. The van der Waals surface area contributed by atoms with E-state index in [2.05, 4.69) is 12.2 Å². The fraction of sp³-hybridized carbons (Fsp3) is 0.333. The molecule has 3 rings (SSSR count). The molecular formula is C24H25FN4O2S2. The van der Waals surface area contributed by atoms with Gasteiger partial charge in [-0.25, -0.2) is 4.39 Å². The SMILES string of the molecule is CCCCCN1C(=O)/C(=C\c2c(C)c(C#N)c(=O)n(C)c2NCc2ccc(F)cc2)SC1=S. The molecule has 1 amide bonds. The van der Waals surface area contributed by atoms with E-state index in [0.717, 1.165) is 24.8 Å². The molecule has 0 spiro atoms. The second-order valence-corrected chi connectivity index (χ2v) is 9.43. The molecule has 1 aromatic heterocycles. The van der Waals surface area contributed by atoms with Crippen LogP contribution in [0.2, 0.25) is 0 Å². The van der Waals surface area contributed by atoms with Gasteiger partial charge in [0.2, 0.25) is 0 Å². The van der Waals surface area contributed by atoms with Gasteiger partial charge in [-0.3, -0.25) is 19.1 Å². The lowest BCUT2D eigenvalue weighted by Crippen LogP contribution is -2.29. The molecule has 0 aliphatic carbocycles. The molecule has 1 aliphatic heterocycles. The molecule has 6 nitrogen and oxygen atoms in total. The first-order valence-corrected chi connectivity index (χ1v) is 11.9. The predicted octanol–water partition coefficient (Wildman–Crippen LogP) is 4.71. The molecule has 1 N–H and O–H groups in total. The summed E-state index contributed by atoms with van der Waals surface area (Å²) in [5.74, 6) is -0.0311. The van der Waals surface area contributed by atoms with Crippen molar-refractivity contribution in [3.05, 3.63) is 67.6 Å². The third kappa shape index (κ3) is 5.34. The van der Waals surface area contributed by atoms with Gasteiger partial charge in [0.05, 0.1) is 4.91 Å². The summed E-state index contributed by atoms with van der Waals surface area (Å²) in [6.07, 6.45) is 4.63. The average molecular weight is 485 g/mol. The van der Waals surface area contributed by atoms with Gasteiger partial charge in [-0.1, -0.05) is 55.9 Å². The predicted molar refractivity (Wildman–Crippen MR) is 134 cm³/mol. The van der Waals surface area contributed by atoms with Gasteiger partial charge in [-0.15, -0.1) is 0 Å². The van der Waals surface area contributed by atoms with Gasteiger partial charge in [0, 0.05) is 25.7 Å². The number of halogens is 1. The summed E-state index contributed by atoms with van der Waals surface area (Å²) in [6.45, 7) is 4.69. The Bertz CT molecular complexity index is 1210. The van der Waals surface area contributed by atoms with Gasteiger partial charge in [0.15, 0.2) is 0 Å². The molecule has 9 heteroatoms. The summed E-state index contributed by atoms with van der Waals surface area (Å²) in [6, 6.07) is 8.01. The van der Waals surface area contributed by atoms with E-state index in [9.17, 15) is 19.2 Å². The lowest BCUT2D eigenvalue weighted by molar-refractivity contribution is -0.122. The Labute approximate surface area is 202 Å². The second-order valence-electron chi connectivity index (χ2n) is 7.76. The number of thioether (sulfide) groups is 1. The highest BCUT2D eigenvalue weighted by molar-refractivity contribution is 8.26. The molecule has 2 heterocycles. The summed E-state index contributed by atoms with van der Waals surface area (Å²) in [5, 5.41) is 12.8. The van der Waals surface area contributed by atoms with E-state index < -0.39 is 5.56 Å². The zero-order valence-corrected chi connectivity index (χ0v) is 20.4. The third-order valence-electron chi connectivity index (χ3n) is 5.51. The van der Waals surface area contributed by atoms with Crippen molar-refractivity contribution >= 4 is 46.1 Å². The molecule has 33 heavy (non-hydrogen) atoms. The van der Waals surface area contributed by atoms with E-state index in [-0.39, 0.29) is 17.3 Å². The van der Waals surface area contributed by atoms with Crippen molar-refractivity contribution in [1.29, 1.82) is 5.26 Å². The number of carbonyl (C=O) groups excluding carboxylic acids is 1. The lowest BCUT2D eigenvalue weighted by Gasteiger charge is -2.18. The summed E-state index contributed by atoms with van der Waals surface area (Å²) < 4.78 is 15.1.